The number of hydrogen-bond acceptors (Lipinski definition) is 2. The Morgan fingerprint density at radius 2 is 1.94 bits per heavy atom. The van der Waals surface area contributed by atoms with E-state index in [9.17, 15) is 13.6 Å². The van der Waals surface area contributed by atoms with Gasteiger partial charge in [-0.3, -0.25) is 4.79 Å². The van der Waals surface area contributed by atoms with Crippen LogP contribution < -0.4 is 5.32 Å². The van der Waals surface area contributed by atoms with E-state index in [1.165, 1.54) is 6.07 Å². The summed E-state index contributed by atoms with van der Waals surface area (Å²) in [6.07, 6.45) is 0.0944. The largest absolute Gasteiger partial charge is 0.306 e. The van der Waals surface area contributed by atoms with E-state index in [1.807, 2.05) is 6.92 Å². The zero-order chi connectivity index (χ0) is 13.1. The molecule has 0 unspecified atom stereocenters. The van der Waals surface area contributed by atoms with Gasteiger partial charge in [-0.2, -0.15) is 0 Å². The lowest BCUT2D eigenvalue weighted by Gasteiger charge is -2.24. The normalized spacial score (nSPS) is 11.6. The van der Waals surface area contributed by atoms with Crippen LogP contribution in [0.2, 0.25) is 0 Å². The molecule has 1 aromatic carbocycles. The SMILES string of the molecule is CCNC(C)(C)C(=O)Cc1ccc(F)c(F)c1. The molecular weight excluding hydrogens is 224 g/mol. The molecule has 1 aromatic rings. The van der Waals surface area contributed by atoms with E-state index in [-0.39, 0.29) is 12.2 Å². The van der Waals surface area contributed by atoms with E-state index in [2.05, 4.69) is 5.32 Å². The summed E-state index contributed by atoms with van der Waals surface area (Å²) in [4.78, 5) is 11.9. The quantitative estimate of drug-likeness (QED) is 0.858. The Morgan fingerprint density at radius 3 is 2.47 bits per heavy atom. The van der Waals surface area contributed by atoms with Crippen molar-refractivity contribution >= 4 is 5.78 Å². The molecule has 0 spiro atoms. The molecule has 0 bridgehead atoms. The first-order valence-corrected chi connectivity index (χ1v) is 5.59. The topological polar surface area (TPSA) is 29.1 Å². The van der Waals surface area contributed by atoms with Crippen LogP contribution in [0.3, 0.4) is 0 Å². The highest BCUT2D eigenvalue weighted by Gasteiger charge is 2.25. The standard InChI is InChI=1S/C13H17F2NO/c1-4-16-13(2,3)12(17)8-9-5-6-10(14)11(15)7-9/h5-7,16H,4,8H2,1-3H3. The summed E-state index contributed by atoms with van der Waals surface area (Å²) in [5, 5.41) is 3.05. The number of halogens is 2. The van der Waals surface area contributed by atoms with E-state index in [1.54, 1.807) is 13.8 Å². The fourth-order valence-corrected chi connectivity index (χ4v) is 1.60. The zero-order valence-electron chi connectivity index (χ0n) is 10.3. The Morgan fingerprint density at radius 1 is 1.29 bits per heavy atom. The molecule has 0 atom stereocenters. The summed E-state index contributed by atoms with van der Waals surface area (Å²) in [6.45, 7) is 6.14. The molecule has 1 rings (SSSR count). The summed E-state index contributed by atoms with van der Waals surface area (Å²) in [5.74, 6) is -1.87. The monoisotopic (exact) mass is 241 g/mol. The highest BCUT2D eigenvalue weighted by Crippen LogP contribution is 2.13. The lowest BCUT2D eigenvalue weighted by molar-refractivity contribution is -0.123. The van der Waals surface area contributed by atoms with Crippen LogP contribution in [0.15, 0.2) is 18.2 Å². The van der Waals surface area contributed by atoms with Crippen LogP contribution in [0.5, 0.6) is 0 Å². The van der Waals surface area contributed by atoms with Crippen molar-refractivity contribution in [3.05, 3.63) is 35.4 Å². The number of hydrogen-bond donors (Lipinski definition) is 1. The number of carbonyl (C=O) groups is 1. The predicted molar refractivity (Wildman–Crippen MR) is 62.8 cm³/mol. The lowest BCUT2D eigenvalue weighted by Crippen LogP contribution is -2.47. The molecule has 0 amide bonds. The summed E-state index contributed by atoms with van der Waals surface area (Å²) in [5.41, 5.74) is -0.167. The maximum absolute atomic E-state index is 13.0. The average Bonchev–Trinajstić information content (AvgIpc) is 2.23. The Hall–Kier alpha value is -1.29. The molecule has 4 heteroatoms. The van der Waals surface area contributed by atoms with Crippen molar-refractivity contribution in [2.75, 3.05) is 6.54 Å². The minimum atomic E-state index is -0.920. The molecule has 0 saturated heterocycles. The fraction of sp³-hybridized carbons (Fsp3) is 0.462. The van der Waals surface area contributed by atoms with Crippen LogP contribution >= 0.6 is 0 Å². The molecular formula is C13H17F2NO. The van der Waals surface area contributed by atoms with Crippen LogP contribution in [0.25, 0.3) is 0 Å². The number of Topliss-reactive ketones (excluding diaryl/α,β-unsaturated/α-hetero) is 1. The molecule has 2 nitrogen and oxygen atoms in total. The van der Waals surface area contributed by atoms with Crippen LogP contribution in [0, 0.1) is 11.6 Å². The van der Waals surface area contributed by atoms with Crippen LogP contribution in [-0.2, 0) is 11.2 Å². The number of likely N-dealkylation sites (N-methyl/N-ethyl adjacent to an activating group) is 1. The molecule has 0 fully saturated rings. The van der Waals surface area contributed by atoms with Gasteiger partial charge in [0.25, 0.3) is 0 Å². The number of carbonyl (C=O) groups excluding carboxylic acids is 1. The summed E-state index contributed by atoms with van der Waals surface area (Å²) < 4.78 is 25.7. The third-order valence-electron chi connectivity index (χ3n) is 2.66. The number of benzene rings is 1. The third-order valence-corrected chi connectivity index (χ3v) is 2.66. The molecule has 0 saturated carbocycles. The molecule has 94 valence electrons. The molecule has 0 aliphatic rings. The molecule has 0 radical (unpaired) electrons. The maximum Gasteiger partial charge on any atom is 0.159 e. The van der Waals surface area contributed by atoms with Gasteiger partial charge in [0, 0.05) is 6.42 Å². The second kappa shape index (κ2) is 5.36. The summed E-state index contributed by atoms with van der Waals surface area (Å²) in [6, 6.07) is 3.53. The molecule has 0 heterocycles. The van der Waals surface area contributed by atoms with E-state index in [0.29, 0.717) is 12.1 Å². The van der Waals surface area contributed by atoms with Gasteiger partial charge in [-0.15, -0.1) is 0 Å². The predicted octanol–water partition coefficient (Wildman–Crippen LogP) is 2.46. The second-order valence-electron chi connectivity index (χ2n) is 4.50. The molecule has 1 N–H and O–H groups in total. The van der Waals surface area contributed by atoms with Crippen molar-refractivity contribution in [3.8, 4) is 0 Å². The first-order valence-electron chi connectivity index (χ1n) is 5.59. The first kappa shape index (κ1) is 13.8. The van der Waals surface area contributed by atoms with Gasteiger partial charge in [0.05, 0.1) is 5.54 Å². The van der Waals surface area contributed by atoms with E-state index in [0.717, 1.165) is 12.1 Å². The molecule has 0 aliphatic carbocycles. The van der Waals surface area contributed by atoms with Crippen molar-refractivity contribution in [1.82, 2.24) is 5.32 Å². The summed E-state index contributed by atoms with van der Waals surface area (Å²) in [7, 11) is 0. The van der Waals surface area contributed by atoms with Gasteiger partial charge in [0.15, 0.2) is 17.4 Å². The Labute approximate surface area is 100 Å². The second-order valence-corrected chi connectivity index (χ2v) is 4.50. The Balaban J connectivity index is 2.77. The maximum atomic E-state index is 13.0. The molecule has 0 aliphatic heterocycles. The van der Waals surface area contributed by atoms with Crippen molar-refractivity contribution in [2.45, 2.75) is 32.7 Å². The number of rotatable bonds is 5. The summed E-state index contributed by atoms with van der Waals surface area (Å²) >= 11 is 0. The first-order chi connectivity index (χ1) is 7.86. The number of nitrogens with one attached hydrogen (secondary N) is 1. The minimum Gasteiger partial charge on any atom is -0.306 e. The van der Waals surface area contributed by atoms with Crippen LogP contribution in [-0.4, -0.2) is 17.9 Å². The Kier molecular flexibility index (Phi) is 4.34. The van der Waals surface area contributed by atoms with Crippen molar-refractivity contribution in [3.63, 3.8) is 0 Å². The van der Waals surface area contributed by atoms with Crippen LogP contribution in [0.1, 0.15) is 26.3 Å². The van der Waals surface area contributed by atoms with Crippen molar-refractivity contribution < 1.29 is 13.6 Å². The van der Waals surface area contributed by atoms with Gasteiger partial charge in [0.1, 0.15) is 0 Å². The minimum absolute atomic E-state index is 0.0506. The zero-order valence-corrected chi connectivity index (χ0v) is 10.3. The molecule has 0 aromatic heterocycles. The van der Waals surface area contributed by atoms with Crippen LogP contribution in [0.4, 0.5) is 8.78 Å². The van der Waals surface area contributed by atoms with Crippen molar-refractivity contribution in [2.24, 2.45) is 0 Å². The third kappa shape index (κ3) is 3.60. The van der Waals surface area contributed by atoms with Gasteiger partial charge in [0.2, 0.25) is 0 Å². The fourth-order valence-electron chi connectivity index (χ4n) is 1.60. The average molecular weight is 241 g/mol. The van der Waals surface area contributed by atoms with Gasteiger partial charge in [-0.05, 0) is 38.1 Å². The van der Waals surface area contributed by atoms with E-state index in [4.69, 9.17) is 0 Å². The smallest absolute Gasteiger partial charge is 0.159 e. The number of ketones is 1. The highest BCUT2D eigenvalue weighted by atomic mass is 19.2. The molecule has 17 heavy (non-hydrogen) atoms. The lowest BCUT2D eigenvalue weighted by atomic mass is 9.93. The van der Waals surface area contributed by atoms with E-state index >= 15 is 0 Å². The van der Waals surface area contributed by atoms with Gasteiger partial charge >= 0.3 is 0 Å². The highest BCUT2D eigenvalue weighted by molar-refractivity contribution is 5.89. The van der Waals surface area contributed by atoms with E-state index < -0.39 is 17.2 Å². The van der Waals surface area contributed by atoms with Gasteiger partial charge < -0.3 is 5.32 Å². The van der Waals surface area contributed by atoms with Crippen molar-refractivity contribution in [1.29, 1.82) is 0 Å². The van der Waals surface area contributed by atoms with Gasteiger partial charge in [-0.25, -0.2) is 8.78 Å². The Bertz CT molecular complexity index is 416. The van der Waals surface area contributed by atoms with Gasteiger partial charge in [-0.1, -0.05) is 13.0 Å².